The van der Waals surface area contributed by atoms with Gasteiger partial charge in [-0.25, -0.2) is 4.39 Å². The lowest BCUT2D eigenvalue weighted by molar-refractivity contribution is 0.177. The Morgan fingerprint density at radius 1 is 1.22 bits per heavy atom. The first-order valence-electron chi connectivity index (χ1n) is 5.76. The smallest absolute Gasteiger partial charge is 0.144 e. The number of aromatic nitrogens is 1. The summed E-state index contributed by atoms with van der Waals surface area (Å²) in [6.45, 7) is 0.468. The van der Waals surface area contributed by atoms with Crippen LogP contribution < -0.4 is 5.73 Å². The van der Waals surface area contributed by atoms with Gasteiger partial charge in [0, 0.05) is 19.2 Å². The van der Waals surface area contributed by atoms with Crippen LogP contribution in [0.5, 0.6) is 0 Å². The molecule has 0 saturated carbocycles. The maximum atomic E-state index is 13.4. The second-order valence-electron chi connectivity index (χ2n) is 4.13. The van der Waals surface area contributed by atoms with Crippen LogP contribution in [0.15, 0.2) is 42.7 Å². The zero-order valence-electron chi connectivity index (χ0n) is 9.88. The molecule has 2 aromatic rings. The van der Waals surface area contributed by atoms with Gasteiger partial charge < -0.3 is 10.8 Å². The molecule has 4 heteroatoms. The molecule has 0 spiro atoms. The van der Waals surface area contributed by atoms with E-state index in [1.807, 2.05) is 24.3 Å². The Morgan fingerprint density at radius 2 is 1.94 bits per heavy atom. The Bertz CT molecular complexity index is 513. The highest BCUT2D eigenvalue weighted by molar-refractivity contribution is 5.26. The molecule has 1 unspecified atom stereocenters. The van der Waals surface area contributed by atoms with E-state index in [1.165, 1.54) is 6.20 Å². The minimum Gasteiger partial charge on any atom is -0.388 e. The van der Waals surface area contributed by atoms with E-state index in [1.54, 1.807) is 6.07 Å². The first kappa shape index (κ1) is 12.7. The topological polar surface area (TPSA) is 59.1 Å². The molecule has 1 heterocycles. The van der Waals surface area contributed by atoms with Crippen molar-refractivity contribution in [1.29, 1.82) is 0 Å². The molecule has 2 rings (SSSR count). The van der Waals surface area contributed by atoms with Gasteiger partial charge in [-0.05, 0) is 22.8 Å². The van der Waals surface area contributed by atoms with Crippen LogP contribution in [-0.4, -0.2) is 10.1 Å². The summed E-state index contributed by atoms with van der Waals surface area (Å²) in [5.74, 6) is -0.393. The second-order valence-corrected chi connectivity index (χ2v) is 4.13. The minimum atomic E-state index is -0.728. The molecular formula is C14H15FN2O. The van der Waals surface area contributed by atoms with Crippen LogP contribution >= 0.6 is 0 Å². The summed E-state index contributed by atoms with van der Waals surface area (Å²) in [6, 6.07) is 8.92. The SMILES string of the molecule is NCc1ccc(C(O)Cc2ccncc2F)cc1. The fourth-order valence-electron chi connectivity index (χ4n) is 1.77. The highest BCUT2D eigenvalue weighted by atomic mass is 19.1. The fraction of sp³-hybridized carbons (Fsp3) is 0.214. The highest BCUT2D eigenvalue weighted by Crippen LogP contribution is 2.19. The molecule has 0 aliphatic carbocycles. The molecule has 0 bridgehead atoms. The molecule has 3 nitrogen and oxygen atoms in total. The second kappa shape index (κ2) is 5.71. The van der Waals surface area contributed by atoms with Gasteiger partial charge in [0.1, 0.15) is 5.82 Å². The van der Waals surface area contributed by atoms with Crippen molar-refractivity contribution in [2.24, 2.45) is 5.73 Å². The Kier molecular flexibility index (Phi) is 4.02. The molecule has 0 aliphatic rings. The molecule has 94 valence electrons. The zero-order chi connectivity index (χ0) is 13.0. The summed E-state index contributed by atoms with van der Waals surface area (Å²) in [5.41, 5.74) is 7.71. The predicted molar refractivity (Wildman–Crippen MR) is 67.2 cm³/mol. The third kappa shape index (κ3) is 2.91. The van der Waals surface area contributed by atoms with Gasteiger partial charge in [0.05, 0.1) is 12.3 Å². The van der Waals surface area contributed by atoms with Gasteiger partial charge in [-0.1, -0.05) is 24.3 Å². The number of benzene rings is 1. The van der Waals surface area contributed by atoms with Gasteiger partial charge in [0.2, 0.25) is 0 Å². The van der Waals surface area contributed by atoms with E-state index in [0.717, 1.165) is 17.3 Å². The van der Waals surface area contributed by atoms with E-state index in [9.17, 15) is 9.50 Å². The van der Waals surface area contributed by atoms with Crippen LogP contribution in [-0.2, 0) is 13.0 Å². The van der Waals surface area contributed by atoms with Crippen LogP contribution in [0.4, 0.5) is 4.39 Å². The third-order valence-electron chi connectivity index (χ3n) is 2.87. The molecule has 1 atom stereocenters. The fourth-order valence-corrected chi connectivity index (χ4v) is 1.77. The number of aliphatic hydroxyl groups is 1. The number of hydrogen-bond donors (Lipinski definition) is 2. The Labute approximate surface area is 105 Å². The summed E-state index contributed by atoms with van der Waals surface area (Å²) in [7, 11) is 0. The maximum Gasteiger partial charge on any atom is 0.144 e. The van der Waals surface area contributed by atoms with E-state index in [0.29, 0.717) is 12.1 Å². The van der Waals surface area contributed by atoms with Gasteiger partial charge in [-0.15, -0.1) is 0 Å². The maximum absolute atomic E-state index is 13.4. The van der Waals surface area contributed by atoms with Crippen molar-refractivity contribution in [2.45, 2.75) is 19.1 Å². The average Bonchev–Trinajstić information content (AvgIpc) is 2.41. The van der Waals surface area contributed by atoms with Crippen LogP contribution in [0.2, 0.25) is 0 Å². The van der Waals surface area contributed by atoms with Gasteiger partial charge in [0.25, 0.3) is 0 Å². The average molecular weight is 246 g/mol. The van der Waals surface area contributed by atoms with E-state index >= 15 is 0 Å². The van der Waals surface area contributed by atoms with Crippen LogP contribution in [0.25, 0.3) is 0 Å². The van der Waals surface area contributed by atoms with E-state index in [2.05, 4.69) is 4.98 Å². The van der Waals surface area contributed by atoms with E-state index < -0.39 is 11.9 Å². The normalized spacial score (nSPS) is 12.4. The first-order valence-corrected chi connectivity index (χ1v) is 5.76. The summed E-state index contributed by atoms with van der Waals surface area (Å²) in [4.78, 5) is 3.68. The van der Waals surface area contributed by atoms with E-state index in [4.69, 9.17) is 5.73 Å². The van der Waals surface area contributed by atoms with Crippen molar-refractivity contribution in [3.05, 3.63) is 65.2 Å². The summed E-state index contributed by atoms with van der Waals surface area (Å²) >= 11 is 0. The third-order valence-corrected chi connectivity index (χ3v) is 2.87. The van der Waals surface area contributed by atoms with Gasteiger partial charge in [-0.2, -0.15) is 0 Å². The molecule has 0 fully saturated rings. The molecule has 0 saturated heterocycles. The number of nitrogens with two attached hydrogens (primary N) is 1. The standard InChI is InChI=1S/C14H15FN2O/c15-13-9-17-6-5-12(13)7-14(18)11-3-1-10(8-16)2-4-11/h1-6,9,14,18H,7-8,16H2. The molecule has 1 aromatic heterocycles. The number of hydrogen-bond acceptors (Lipinski definition) is 3. The summed E-state index contributed by atoms with van der Waals surface area (Å²) in [5, 5.41) is 10.0. The van der Waals surface area contributed by atoms with Crippen molar-refractivity contribution >= 4 is 0 Å². The molecule has 1 aromatic carbocycles. The molecule has 0 aliphatic heterocycles. The summed E-state index contributed by atoms with van der Waals surface area (Å²) in [6.07, 6.45) is 2.17. The molecule has 3 N–H and O–H groups in total. The van der Waals surface area contributed by atoms with Gasteiger partial charge in [-0.3, -0.25) is 4.98 Å². The number of nitrogens with zero attached hydrogens (tertiary/aromatic N) is 1. The van der Waals surface area contributed by atoms with Crippen molar-refractivity contribution in [2.75, 3.05) is 0 Å². The molecule has 0 radical (unpaired) electrons. The van der Waals surface area contributed by atoms with E-state index in [-0.39, 0.29) is 6.42 Å². The molecular weight excluding hydrogens is 231 g/mol. The van der Waals surface area contributed by atoms with Gasteiger partial charge in [0.15, 0.2) is 0 Å². The van der Waals surface area contributed by atoms with Gasteiger partial charge >= 0.3 is 0 Å². The monoisotopic (exact) mass is 246 g/mol. The van der Waals surface area contributed by atoms with Crippen molar-refractivity contribution in [3.63, 3.8) is 0 Å². The molecule has 18 heavy (non-hydrogen) atoms. The number of halogens is 1. The first-order chi connectivity index (χ1) is 8.70. The quantitative estimate of drug-likeness (QED) is 0.867. The zero-order valence-corrected chi connectivity index (χ0v) is 9.88. The largest absolute Gasteiger partial charge is 0.388 e. The Morgan fingerprint density at radius 3 is 2.56 bits per heavy atom. The Balaban J connectivity index is 2.11. The van der Waals surface area contributed by atoms with Crippen molar-refractivity contribution < 1.29 is 9.50 Å². The molecule has 0 amide bonds. The lowest BCUT2D eigenvalue weighted by Gasteiger charge is -2.12. The Hall–Kier alpha value is -1.78. The number of pyridine rings is 1. The van der Waals surface area contributed by atoms with Crippen LogP contribution in [0, 0.1) is 5.82 Å². The number of aliphatic hydroxyl groups excluding tert-OH is 1. The number of rotatable bonds is 4. The highest BCUT2D eigenvalue weighted by Gasteiger charge is 2.11. The van der Waals surface area contributed by atoms with Crippen molar-refractivity contribution in [1.82, 2.24) is 4.98 Å². The van der Waals surface area contributed by atoms with Crippen LogP contribution in [0.1, 0.15) is 22.8 Å². The summed E-state index contributed by atoms with van der Waals surface area (Å²) < 4.78 is 13.4. The van der Waals surface area contributed by atoms with Crippen molar-refractivity contribution in [3.8, 4) is 0 Å². The lowest BCUT2D eigenvalue weighted by atomic mass is 10.0. The lowest BCUT2D eigenvalue weighted by Crippen LogP contribution is -2.04. The predicted octanol–water partition coefficient (Wildman–Crippen LogP) is 1.96. The van der Waals surface area contributed by atoms with Crippen LogP contribution in [0.3, 0.4) is 0 Å². The minimum absolute atomic E-state index is 0.232.